The number of hydrogen-bond acceptors (Lipinski definition) is 6. The second-order valence-corrected chi connectivity index (χ2v) is 6.20. The van der Waals surface area contributed by atoms with Gasteiger partial charge in [-0.25, -0.2) is 4.79 Å². The Balaban J connectivity index is 1.66. The van der Waals surface area contributed by atoms with Crippen LogP contribution < -0.4 is 9.47 Å². The molecule has 0 spiro atoms. The third-order valence-corrected chi connectivity index (χ3v) is 4.16. The lowest BCUT2D eigenvalue weighted by Gasteiger charge is -2.05. The van der Waals surface area contributed by atoms with Crippen LogP contribution in [0.5, 0.6) is 11.5 Å². The minimum absolute atomic E-state index is 0.0607. The average molecular weight is 403 g/mol. The molecule has 0 heterocycles. The van der Waals surface area contributed by atoms with Gasteiger partial charge in [0.15, 0.2) is 5.78 Å². The van der Waals surface area contributed by atoms with Gasteiger partial charge in [0.05, 0.1) is 17.6 Å². The van der Waals surface area contributed by atoms with Crippen molar-refractivity contribution in [1.82, 2.24) is 0 Å². The first-order chi connectivity index (χ1) is 14.5. The summed E-state index contributed by atoms with van der Waals surface area (Å²) in [5.41, 5.74) is 1.10. The number of non-ortho nitro benzene ring substituents is 1. The van der Waals surface area contributed by atoms with Crippen LogP contribution in [-0.4, -0.2) is 23.8 Å². The van der Waals surface area contributed by atoms with Crippen LogP contribution in [0, 0.1) is 10.1 Å². The summed E-state index contributed by atoms with van der Waals surface area (Å²) in [5.74, 6) is -0.0237. The number of benzene rings is 3. The summed E-state index contributed by atoms with van der Waals surface area (Å²) < 4.78 is 10.4. The zero-order valence-electron chi connectivity index (χ0n) is 16.0. The third kappa shape index (κ3) is 5.17. The first-order valence-electron chi connectivity index (χ1n) is 8.89. The number of allylic oxidation sites excluding steroid dienone is 1. The molecule has 30 heavy (non-hydrogen) atoms. The Hall–Kier alpha value is -4.26. The Bertz CT molecular complexity index is 1120. The van der Waals surface area contributed by atoms with E-state index in [4.69, 9.17) is 9.47 Å². The number of rotatable bonds is 7. The average Bonchev–Trinajstić information content (AvgIpc) is 2.78. The smallest absolute Gasteiger partial charge is 0.343 e. The van der Waals surface area contributed by atoms with Crippen molar-refractivity contribution in [2.45, 2.75) is 0 Å². The van der Waals surface area contributed by atoms with Gasteiger partial charge in [0, 0.05) is 17.7 Å². The van der Waals surface area contributed by atoms with Crippen molar-refractivity contribution in [2.24, 2.45) is 0 Å². The standard InChI is InChI=1S/C23H17NO6/c1-29-21-7-2-4-16(14-21)8-13-22(25)17-9-11-20(12-10-17)30-23(26)18-5-3-6-19(15-18)24(27)28/h2-15H,1H3/b13-8+. The van der Waals surface area contributed by atoms with E-state index < -0.39 is 10.9 Å². The number of ether oxygens (including phenoxy) is 2. The molecule has 7 heteroatoms. The summed E-state index contributed by atoms with van der Waals surface area (Å²) in [5, 5.41) is 10.8. The highest BCUT2D eigenvalue weighted by Crippen LogP contribution is 2.18. The van der Waals surface area contributed by atoms with Crippen LogP contribution in [-0.2, 0) is 0 Å². The molecular formula is C23H17NO6. The number of nitro groups is 1. The SMILES string of the molecule is COc1cccc(/C=C/C(=O)c2ccc(OC(=O)c3cccc([N+](=O)[O-])c3)cc2)c1. The summed E-state index contributed by atoms with van der Waals surface area (Å²) >= 11 is 0. The Morgan fingerprint density at radius 3 is 2.33 bits per heavy atom. The van der Waals surface area contributed by atoms with Gasteiger partial charge >= 0.3 is 5.97 Å². The largest absolute Gasteiger partial charge is 0.497 e. The van der Waals surface area contributed by atoms with Crippen molar-refractivity contribution in [3.05, 3.63) is 106 Å². The lowest BCUT2D eigenvalue weighted by molar-refractivity contribution is -0.384. The van der Waals surface area contributed by atoms with Crippen LogP contribution in [0.2, 0.25) is 0 Å². The number of methoxy groups -OCH3 is 1. The van der Waals surface area contributed by atoms with Crippen molar-refractivity contribution in [1.29, 1.82) is 0 Å². The molecule has 0 aliphatic carbocycles. The number of carbonyl (C=O) groups excluding carboxylic acids is 2. The fourth-order valence-corrected chi connectivity index (χ4v) is 2.61. The van der Waals surface area contributed by atoms with Crippen molar-refractivity contribution in [3.63, 3.8) is 0 Å². The van der Waals surface area contributed by atoms with Gasteiger partial charge in [0.25, 0.3) is 5.69 Å². The summed E-state index contributed by atoms with van der Waals surface area (Å²) in [6.07, 6.45) is 3.12. The molecule has 0 saturated carbocycles. The van der Waals surface area contributed by atoms with Crippen LogP contribution in [0.3, 0.4) is 0 Å². The van der Waals surface area contributed by atoms with E-state index in [2.05, 4.69) is 0 Å². The maximum absolute atomic E-state index is 12.3. The predicted molar refractivity (Wildman–Crippen MR) is 111 cm³/mol. The summed E-state index contributed by atoms with van der Waals surface area (Å²) in [6.45, 7) is 0. The third-order valence-electron chi connectivity index (χ3n) is 4.16. The fourth-order valence-electron chi connectivity index (χ4n) is 2.61. The molecule has 0 amide bonds. The van der Waals surface area contributed by atoms with Crippen LogP contribution in [0.25, 0.3) is 6.08 Å². The molecule has 3 rings (SSSR count). The Kier molecular flexibility index (Phi) is 6.34. The Morgan fingerprint density at radius 1 is 0.900 bits per heavy atom. The van der Waals surface area contributed by atoms with Crippen LogP contribution in [0.15, 0.2) is 78.9 Å². The molecule has 150 valence electrons. The quantitative estimate of drug-likeness (QED) is 0.141. The number of nitro benzene ring substituents is 1. The topological polar surface area (TPSA) is 95.7 Å². The van der Waals surface area contributed by atoms with Crippen molar-refractivity contribution >= 4 is 23.5 Å². The number of ketones is 1. The molecule has 7 nitrogen and oxygen atoms in total. The molecule has 0 aromatic heterocycles. The molecule has 0 bridgehead atoms. The molecule has 3 aromatic rings. The summed E-state index contributed by atoms with van der Waals surface area (Å²) in [6, 6.07) is 18.6. The molecule has 3 aromatic carbocycles. The highest BCUT2D eigenvalue weighted by Gasteiger charge is 2.13. The molecular weight excluding hydrogens is 386 g/mol. The summed E-state index contributed by atoms with van der Waals surface area (Å²) in [7, 11) is 1.57. The fraction of sp³-hybridized carbons (Fsp3) is 0.0435. The second kappa shape index (κ2) is 9.29. The van der Waals surface area contributed by atoms with Gasteiger partial charge in [0.1, 0.15) is 11.5 Å². The normalized spacial score (nSPS) is 10.6. The van der Waals surface area contributed by atoms with Gasteiger partial charge < -0.3 is 9.47 Å². The van der Waals surface area contributed by atoms with E-state index in [0.29, 0.717) is 11.3 Å². The Morgan fingerprint density at radius 2 is 1.63 bits per heavy atom. The van der Waals surface area contributed by atoms with Crippen molar-refractivity contribution in [2.75, 3.05) is 7.11 Å². The van der Waals surface area contributed by atoms with E-state index in [9.17, 15) is 19.7 Å². The number of carbonyl (C=O) groups is 2. The molecule has 0 aliphatic heterocycles. The maximum Gasteiger partial charge on any atom is 0.343 e. The molecule has 0 unspecified atom stereocenters. The van der Waals surface area contributed by atoms with Crippen molar-refractivity contribution in [3.8, 4) is 11.5 Å². The van der Waals surface area contributed by atoms with Gasteiger partial charge in [0.2, 0.25) is 0 Å². The first-order valence-corrected chi connectivity index (χ1v) is 8.89. The zero-order chi connectivity index (χ0) is 21.5. The second-order valence-electron chi connectivity index (χ2n) is 6.20. The van der Waals surface area contributed by atoms with Crippen LogP contribution in [0.1, 0.15) is 26.3 Å². The molecule has 0 N–H and O–H groups in total. The van der Waals surface area contributed by atoms with E-state index in [0.717, 1.165) is 11.6 Å². The summed E-state index contributed by atoms with van der Waals surface area (Å²) in [4.78, 5) is 34.8. The minimum Gasteiger partial charge on any atom is -0.497 e. The van der Waals surface area contributed by atoms with Gasteiger partial charge in [-0.3, -0.25) is 14.9 Å². The zero-order valence-corrected chi connectivity index (χ0v) is 16.0. The molecule has 0 radical (unpaired) electrons. The lowest BCUT2D eigenvalue weighted by Crippen LogP contribution is -2.09. The Labute approximate surface area is 172 Å². The van der Waals surface area contributed by atoms with Crippen LogP contribution >= 0.6 is 0 Å². The van der Waals surface area contributed by atoms with E-state index in [-0.39, 0.29) is 22.8 Å². The minimum atomic E-state index is -0.726. The molecule has 0 fully saturated rings. The predicted octanol–water partition coefficient (Wildman–Crippen LogP) is 4.72. The highest BCUT2D eigenvalue weighted by molar-refractivity contribution is 6.06. The molecule has 0 saturated heterocycles. The monoisotopic (exact) mass is 403 g/mol. The number of hydrogen-bond donors (Lipinski definition) is 0. The lowest BCUT2D eigenvalue weighted by atomic mass is 10.1. The van der Waals surface area contributed by atoms with Gasteiger partial charge in [-0.15, -0.1) is 0 Å². The molecule has 0 aliphatic rings. The van der Waals surface area contributed by atoms with Crippen molar-refractivity contribution < 1.29 is 24.0 Å². The number of esters is 1. The van der Waals surface area contributed by atoms with E-state index in [1.54, 1.807) is 19.3 Å². The first kappa shape index (κ1) is 20.5. The van der Waals surface area contributed by atoms with E-state index >= 15 is 0 Å². The van der Waals surface area contributed by atoms with E-state index in [1.165, 1.54) is 48.5 Å². The molecule has 0 atom stereocenters. The highest BCUT2D eigenvalue weighted by atomic mass is 16.6. The maximum atomic E-state index is 12.3. The van der Waals surface area contributed by atoms with Gasteiger partial charge in [-0.1, -0.05) is 24.3 Å². The van der Waals surface area contributed by atoms with E-state index in [1.807, 2.05) is 18.2 Å². The number of nitrogens with zero attached hydrogens (tertiary/aromatic N) is 1. The van der Waals surface area contributed by atoms with Gasteiger partial charge in [-0.2, -0.15) is 0 Å². The van der Waals surface area contributed by atoms with Crippen LogP contribution in [0.4, 0.5) is 5.69 Å². The van der Waals surface area contributed by atoms with Gasteiger partial charge in [-0.05, 0) is 54.1 Å².